The number of rotatable bonds is 12. The normalized spacial score (nSPS) is 11.9. The molecular weight excluding hydrogens is 614 g/mol. The molecule has 0 heterocycles. The molecule has 0 aliphatic rings. The summed E-state index contributed by atoms with van der Waals surface area (Å²) >= 11 is 12.5. The van der Waals surface area contributed by atoms with Crippen LogP contribution in [0.1, 0.15) is 38.1 Å². The molecule has 0 aromatic heterocycles. The molecule has 3 rings (SSSR count). The van der Waals surface area contributed by atoms with E-state index in [0.717, 1.165) is 18.2 Å². The van der Waals surface area contributed by atoms with E-state index in [-0.39, 0.29) is 45.0 Å². The average Bonchev–Trinajstić information content (AvgIpc) is 2.91. The minimum absolute atomic E-state index is 0.0213. The lowest BCUT2D eigenvalue weighted by Gasteiger charge is -2.26. The van der Waals surface area contributed by atoms with Crippen LogP contribution in [0.25, 0.3) is 0 Å². The number of hydrogen-bond acceptors (Lipinski definition) is 6. The molecule has 0 saturated heterocycles. The molecular formula is C27H31Cl2FN4O5S2. The minimum atomic E-state index is -4.44. The monoisotopic (exact) mass is 644 g/mol. The SMILES string of the molecule is CCN(CC)c1ccc(S(=O)(=O)N(CC)CC)cc1NC(=O)c1cc(S(=O)(=O)Nc2ccccc2F)c(Cl)cc1Cl. The highest BCUT2D eigenvalue weighted by atomic mass is 35.5. The van der Waals surface area contributed by atoms with E-state index in [0.29, 0.717) is 18.8 Å². The van der Waals surface area contributed by atoms with Crippen LogP contribution in [0.3, 0.4) is 0 Å². The maximum Gasteiger partial charge on any atom is 0.263 e. The first-order chi connectivity index (χ1) is 19.3. The molecule has 0 bridgehead atoms. The molecule has 0 aliphatic heterocycles. The van der Waals surface area contributed by atoms with E-state index in [1.807, 2.05) is 18.7 Å². The molecule has 2 N–H and O–H groups in total. The molecule has 41 heavy (non-hydrogen) atoms. The van der Waals surface area contributed by atoms with Crippen molar-refractivity contribution < 1.29 is 26.0 Å². The van der Waals surface area contributed by atoms with Crippen molar-refractivity contribution in [2.75, 3.05) is 41.1 Å². The number of para-hydroxylation sites is 1. The lowest BCUT2D eigenvalue weighted by Crippen LogP contribution is -2.31. The average molecular weight is 646 g/mol. The number of carbonyl (C=O) groups is 1. The first kappa shape index (κ1) is 32.6. The zero-order valence-corrected chi connectivity index (χ0v) is 26.1. The molecule has 3 aromatic carbocycles. The Morgan fingerprint density at radius 1 is 0.829 bits per heavy atom. The number of halogens is 3. The van der Waals surface area contributed by atoms with Crippen molar-refractivity contribution in [1.29, 1.82) is 0 Å². The molecule has 0 fully saturated rings. The van der Waals surface area contributed by atoms with Crippen molar-refractivity contribution in [3.05, 3.63) is 76.0 Å². The Labute approximate surface area is 250 Å². The van der Waals surface area contributed by atoms with Gasteiger partial charge in [0.2, 0.25) is 10.0 Å². The summed E-state index contributed by atoms with van der Waals surface area (Å²) in [6.45, 7) is 8.91. The summed E-state index contributed by atoms with van der Waals surface area (Å²) in [4.78, 5) is 14.9. The number of sulfonamides is 2. The van der Waals surface area contributed by atoms with Crippen molar-refractivity contribution in [1.82, 2.24) is 4.31 Å². The van der Waals surface area contributed by atoms with E-state index >= 15 is 0 Å². The van der Waals surface area contributed by atoms with Gasteiger partial charge in [0.25, 0.3) is 15.9 Å². The van der Waals surface area contributed by atoms with Gasteiger partial charge in [-0.2, -0.15) is 4.31 Å². The van der Waals surface area contributed by atoms with Crippen LogP contribution in [0.2, 0.25) is 10.0 Å². The van der Waals surface area contributed by atoms with Gasteiger partial charge in [-0.1, -0.05) is 49.2 Å². The molecule has 9 nitrogen and oxygen atoms in total. The number of amides is 1. The van der Waals surface area contributed by atoms with Crippen LogP contribution in [-0.4, -0.2) is 53.2 Å². The highest BCUT2D eigenvalue weighted by Gasteiger charge is 2.26. The highest BCUT2D eigenvalue weighted by Crippen LogP contribution is 2.34. The first-order valence-corrected chi connectivity index (χ1v) is 16.4. The Bertz CT molecular complexity index is 1650. The van der Waals surface area contributed by atoms with Gasteiger partial charge in [-0.3, -0.25) is 9.52 Å². The number of benzene rings is 3. The molecule has 0 unspecified atom stereocenters. The fourth-order valence-electron chi connectivity index (χ4n) is 4.17. The fourth-order valence-corrected chi connectivity index (χ4v) is 7.58. The van der Waals surface area contributed by atoms with E-state index < -0.39 is 36.7 Å². The molecule has 222 valence electrons. The maximum absolute atomic E-state index is 14.1. The van der Waals surface area contributed by atoms with Gasteiger partial charge in [0.1, 0.15) is 10.7 Å². The summed E-state index contributed by atoms with van der Waals surface area (Å²) in [5, 5.41) is 2.26. The summed E-state index contributed by atoms with van der Waals surface area (Å²) in [6, 6.07) is 11.7. The predicted molar refractivity (Wildman–Crippen MR) is 162 cm³/mol. The quantitative estimate of drug-likeness (QED) is 0.247. The fraction of sp³-hybridized carbons (Fsp3) is 0.296. The van der Waals surface area contributed by atoms with E-state index in [4.69, 9.17) is 23.2 Å². The second kappa shape index (κ2) is 13.4. The first-order valence-electron chi connectivity index (χ1n) is 12.8. The molecule has 0 saturated carbocycles. The van der Waals surface area contributed by atoms with Gasteiger partial charge in [0.05, 0.1) is 37.6 Å². The molecule has 0 atom stereocenters. The van der Waals surface area contributed by atoms with Gasteiger partial charge in [0.15, 0.2) is 0 Å². The summed E-state index contributed by atoms with van der Waals surface area (Å²) in [5.74, 6) is -1.61. The largest absolute Gasteiger partial charge is 0.370 e. The molecule has 1 amide bonds. The smallest absolute Gasteiger partial charge is 0.263 e. The molecule has 3 aromatic rings. The van der Waals surface area contributed by atoms with Gasteiger partial charge in [-0.25, -0.2) is 21.2 Å². The lowest BCUT2D eigenvalue weighted by molar-refractivity contribution is 0.102. The third-order valence-electron chi connectivity index (χ3n) is 6.34. The van der Waals surface area contributed by atoms with Gasteiger partial charge in [-0.15, -0.1) is 0 Å². The molecule has 14 heteroatoms. The third kappa shape index (κ3) is 7.12. The van der Waals surface area contributed by atoms with Crippen molar-refractivity contribution in [2.24, 2.45) is 0 Å². The van der Waals surface area contributed by atoms with Crippen LogP contribution >= 0.6 is 23.2 Å². The van der Waals surface area contributed by atoms with Crippen LogP contribution in [-0.2, 0) is 20.0 Å². The molecule has 0 aliphatic carbocycles. The topological polar surface area (TPSA) is 116 Å². The number of carbonyl (C=O) groups excluding carboxylic acids is 1. The maximum atomic E-state index is 14.1. The zero-order chi connectivity index (χ0) is 30.5. The lowest BCUT2D eigenvalue weighted by atomic mass is 10.2. The second-order valence-corrected chi connectivity index (χ2v) is 13.1. The Hall–Kier alpha value is -2.90. The number of hydrogen-bond donors (Lipinski definition) is 2. The Kier molecular flexibility index (Phi) is 10.6. The van der Waals surface area contributed by atoms with Gasteiger partial charge in [-0.05, 0) is 56.3 Å². The Morgan fingerprint density at radius 3 is 2.05 bits per heavy atom. The van der Waals surface area contributed by atoms with E-state index in [2.05, 4.69) is 10.0 Å². The third-order valence-corrected chi connectivity index (χ3v) is 10.5. The standard InChI is InChI=1S/C27H31Cl2FN4O5S2/c1-5-33(6-2)25-14-13-18(41(38,39)34(7-3)8-4)15-24(25)31-27(35)19-16-26(21(29)17-20(19)28)40(36,37)32-23-12-10-9-11-22(23)30/h9-17,32H,5-8H2,1-4H3,(H,31,35). The number of nitrogens with one attached hydrogen (secondary N) is 2. The number of nitrogens with zero attached hydrogens (tertiary/aromatic N) is 2. The summed E-state index contributed by atoms with van der Waals surface area (Å²) in [5.41, 5.74) is 0.194. The van der Waals surface area contributed by atoms with Crippen LogP contribution in [0.15, 0.2) is 64.4 Å². The van der Waals surface area contributed by atoms with E-state index in [1.165, 1.54) is 34.6 Å². The van der Waals surface area contributed by atoms with Gasteiger partial charge < -0.3 is 10.2 Å². The van der Waals surface area contributed by atoms with Gasteiger partial charge >= 0.3 is 0 Å². The summed E-state index contributed by atoms with van der Waals surface area (Å²) in [7, 11) is -8.29. The van der Waals surface area contributed by atoms with Crippen molar-refractivity contribution in [2.45, 2.75) is 37.5 Å². The van der Waals surface area contributed by atoms with E-state index in [1.54, 1.807) is 19.9 Å². The highest BCUT2D eigenvalue weighted by molar-refractivity contribution is 7.92. The van der Waals surface area contributed by atoms with Crippen molar-refractivity contribution in [3.8, 4) is 0 Å². The predicted octanol–water partition coefficient (Wildman–Crippen LogP) is 6.06. The van der Waals surface area contributed by atoms with Gasteiger partial charge in [0, 0.05) is 26.2 Å². The minimum Gasteiger partial charge on any atom is -0.370 e. The summed E-state index contributed by atoms with van der Waals surface area (Å²) in [6.07, 6.45) is 0. The van der Waals surface area contributed by atoms with E-state index in [9.17, 15) is 26.0 Å². The molecule has 0 radical (unpaired) electrons. The summed E-state index contributed by atoms with van der Waals surface area (Å²) < 4.78 is 70.2. The Balaban J connectivity index is 2.08. The van der Waals surface area contributed by atoms with Crippen LogP contribution < -0.4 is 14.9 Å². The van der Waals surface area contributed by atoms with Crippen molar-refractivity contribution in [3.63, 3.8) is 0 Å². The van der Waals surface area contributed by atoms with Crippen molar-refractivity contribution >= 4 is 66.2 Å². The second-order valence-electron chi connectivity index (χ2n) is 8.74. The number of anilines is 3. The van der Waals surface area contributed by atoms with Crippen LogP contribution in [0.5, 0.6) is 0 Å². The molecule has 0 spiro atoms. The zero-order valence-electron chi connectivity index (χ0n) is 22.9. The van der Waals surface area contributed by atoms with Crippen LogP contribution in [0, 0.1) is 5.82 Å². The van der Waals surface area contributed by atoms with Crippen LogP contribution in [0.4, 0.5) is 21.5 Å². The Morgan fingerprint density at radius 2 is 1.46 bits per heavy atom.